The molecule has 0 saturated heterocycles. The summed E-state index contributed by atoms with van der Waals surface area (Å²) in [7, 11) is 5.10. The number of ether oxygens (including phenoxy) is 1. The number of nitrogens with zero attached hydrogens (tertiary/aromatic N) is 2. The lowest BCUT2D eigenvalue weighted by atomic mass is 10.2. The van der Waals surface area contributed by atoms with Gasteiger partial charge in [0.15, 0.2) is 0 Å². The lowest BCUT2D eigenvalue weighted by molar-refractivity contribution is 0.103. The summed E-state index contributed by atoms with van der Waals surface area (Å²) < 4.78 is 8.41. The van der Waals surface area contributed by atoms with Crippen LogP contribution < -0.4 is 15.7 Å². The van der Waals surface area contributed by atoms with Crippen molar-refractivity contribution < 1.29 is 9.53 Å². The maximum Gasteiger partial charge on any atom is 0.328 e. The number of hydrogen-bond donors (Lipinski definition) is 1. The van der Waals surface area contributed by atoms with Gasteiger partial charge in [-0.15, -0.1) is 11.3 Å². The molecule has 1 N–H and O–H groups in total. The number of carbonyl (C=O) groups excluding carboxylic acids is 1. The molecule has 0 aliphatic heterocycles. The Kier molecular flexibility index (Phi) is 5.21. The van der Waals surface area contributed by atoms with Crippen LogP contribution in [0.5, 0.6) is 5.75 Å². The van der Waals surface area contributed by atoms with Crippen molar-refractivity contribution in [3.8, 4) is 5.75 Å². The molecule has 6 nitrogen and oxygen atoms in total. The summed E-state index contributed by atoms with van der Waals surface area (Å²) in [5, 5.41) is 4.87. The van der Waals surface area contributed by atoms with Gasteiger partial charge in [0.1, 0.15) is 5.75 Å². The van der Waals surface area contributed by atoms with Crippen LogP contribution in [0.2, 0.25) is 0 Å². The van der Waals surface area contributed by atoms with Gasteiger partial charge in [-0.3, -0.25) is 13.9 Å². The first-order chi connectivity index (χ1) is 14.0. The fourth-order valence-corrected chi connectivity index (χ4v) is 4.61. The van der Waals surface area contributed by atoms with Crippen molar-refractivity contribution in [2.75, 3.05) is 12.4 Å². The molecule has 2 aromatic heterocycles. The van der Waals surface area contributed by atoms with Gasteiger partial charge in [-0.25, -0.2) is 4.79 Å². The van der Waals surface area contributed by atoms with Crippen LogP contribution in [0.25, 0.3) is 11.0 Å². The smallest absolute Gasteiger partial charge is 0.328 e. The third-order valence-electron chi connectivity index (χ3n) is 4.65. The molecule has 0 unspecified atom stereocenters. The van der Waals surface area contributed by atoms with E-state index in [2.05, 4.69) is 5.32 Å². The number of nitrogens with one attached hydrogen (secondary N) is 1. The van der Waals surface area contributed by atoms with E-state index in [1.54, 1.807) is 36.4 Å². The Balaban J connectivity index is 1.79. The van der Waals surface area contributed by atoms with Crippen LogP contribution in [-0.4, -0.2) is 22.2 Å². The van der Waals surface area contributed by atoms with Gasteiger partial charge >= 0.3 is 5.69 Å². The molecule has 0 aliphatic carbocycles. The zero-order valence-electron chi connectivity index (χ0n) is 16.1. The molecule has 0 bridgehead atoms. The highest BCUT2D eigenvalue weighted by Gasteiger charge is 2.16. The number of fused-ring (bicyclic) bond motifs is 1. The molecule has 0 aliphatic rings. The lowest BCUT2D eigenvalue weighted by Gasteiger charge is -2.12. The van der Waals surface area contributed by atoms with Crippen LogP contribution in [0, 0.1) is 0 Å². The Labute approximate surface area is 175 Å². The van der Waals surface area contributed by atoms with Gasteiger partial charge in [0.2, 0.25) is 0 Å². The van der Waals surface area contributed by atoms with Gasteiger partial charge in [-0.2, -0.15) is 0 Å². The summed E-state index contributed by atoms with van der Waals surface area (Å²) in [5.74, 6) is 0.610. The summed E-state index contributed by atoms with van der Waals surface area (Å²) in [6.07, 6.45) is 0. The third kappa shape index (κ3) is 3.68. The highest BCUT2D eigenvalue weighted by Crippen LogP contribution is 2.37. The van der Waals surface area contributed by atoms with E-state index in [0.717, 1.165) is 26.6 Å². The fraction of sp³-hybridized carbons (Fsp3) is 0.143. The molecule has 2 aromatic carbocycles. The molecular weight excluding hydrogens is 406 g/mol. The number of benzene rings is 2. The average Bonchev–Trinajstić information content (AvgIpc) is 3.34. The van der Waals surface area contributed by atoms with Gasteiger partial charge in [0.25, 0.3) is 5.91 Å². The second-order valence-electron chi connectivity index (χ2n) is 6.45. The quantitative estimate of drug-likeness (QED) is 0.516. The number of amides is 1. The van der Waals surface area contributed by atoms with E-state index in [4.69, 9.17) is 4.74 Å². The minimum Gasteiger partial charge on any atom is -0.497 e. The molecule has 8 heteroatoms. The first kappa shape index (κ1) is 19.4. The van der Waals surface area contributed by atoms with Crippen molar-refractivity contribution >= 4 is 45.7 Å². The van der Waals surface area contributed by atoms with Crippen molar-refractivity contribution in [2.24, 2.45) is 14.1 Å². The number of carbonyl (C=O) groups is 1. The standard InChI is InChI=1S/C21H19N3O3S2/c1-23-16-11-15(22-20(25)18-5-4-10-28-18)19(12-17(16)24(2)21(23)26)29-14-8-6-13(27-3)7-9-14/h4-12H,1-3H3,(H,22,25). The molecule has 148 valence electrons. The number of rotatable bonds is 5. The normalized spacial score (nSPS) is 11.0. The molecule has 0 fully saturated rings. The second-order valence-corrected chi connectivity index (χ2v) is 8.51. The number of aryl methyl sites for hydroxylation is 2. The largest absolute Gasteiger partial charge is 0.497 e. The predicted molar refractivity (Wildman–Crippen MR) is 118 cm³/mol. The van der Waals surface area contributed by atoms with Gasteiger partial charge in [0, 0.05) is 23.9 Å². The highest BCUT2D eigenvalue weighted by atomic mass is 32.2. The van der Waals surface area contributed by atoms with Crippen LogP contribution in [0.15, 0.2) is 68.5 Å². The number of anilines is 1. The zero-order chi connectivity index (χ0) is 20.5. The van der Waals surface area contributed by atoms with Gasteiger partial charge in [-0.1, -0.05) is 17.8 Å². The van der Waals surface area contributed by atoms with E-state index in [1.165, 1.54) is 23.1 Å². The minimum absolute atomic E-state index is 0.109. The van der Waals surface area contributed by atoms with Gasteiger partial charge < -0.3 is 10.1 Å². The number of imidazole rings is 1. The molecule has 0 radical (unpaired) electrons. The van der Waals surface area contributed by atoms with E-state index in [-0.39, 0.29) is 11.6 Å². The van der Waals surface area contributed by atoms with Crippen LogP contribution in [0.4, 0.5) is 5.69 Å². The van der Waals surface area contributed by atoms with Crippen LogP contribution in [-0.2, 0) is 14.1 Å². The SMILES string of the molecule is COc1ccc(Sc2cc3c(cc2NC(=O)c2cccs2)n(C)c(=O)n3C)cc1. The first-order valence-corrected chi connectivity index (χ1v) is 10.5. The molecule has 29 heavy (non-hydrogen) atoms. The first-order valence-electron chi connectivity index (χ1n) is 8.84. The molecule has 0 spiro atoms. The Morgan fingerprint density at radius 1 is 1.07 bits per heavy atom. The van der Waals surface area contributed by atoms with Gasteiger partial charge in [0.05, 0.1) is 28.7 Å². The number of hydrogen-bond acceptors (Lipinski definition) is 5. The predicted octanol–water partition coefficient (Wildman–Crippen LogP) is 4.35. The lowest BCUT2D eigenvalue weighted by Crippen LogP contribution is -2.19. The van der Waals surface area contributed by atoms with Crippen molar-refractivity contribution in [3.05, 3.63) is 69.3 Å². The fourth-order valence-electron chi connectivity index (χ4n) is 3.07. The summed E-state index contributed by atoms with van der Waals surface area (Å²) >= 11 is 2.91. The molecular formula is C21H19N3O3S2. The van der Waals surface area contributed by atoms with Crippen molar-refractivity contribution in [1.29, 1.82) is 0 Å². The monoisotopic (exact) mass is 425 g/mol. The zero-order valence-corrected chi connectivity index (χ0v) is 17.8. The van der Waals surface area contributed by atoms with Crippen LogP contribution in [0.1, 0.15) is 9.67 Å². The number of thiophene rings is 1. The van der Waals surface area contributed by atoms with Crippen LogP contribution >= 0.6 is 23.1 Å². The minimum atomic E-state index is -0.170. The molecule has 0 saturated carbocycles. The highest BCUT2D eigenvalue weighted by molar-refractivity contribution is 7.99. The van der Waals surface area contributed by atoms with Crippen molar-refractivity contribution in [3.63, 3.8) is 0 Å². The maximum absolute atomic E-state index is 12.7. The summed E-state index contributed by atoms with van der Waals surface area (Å²) in [4.78, 5) is 27.5. The number of aromatic nitrogens is 2. The molecule has 4 aromatic rings. The Hall–Kier alpha value is -2.97. The Morgan fingerprint density at radius 3 is 2.38 bits per heavy atom. The van der Waals surface area contributed by atoms with E-state index < -0.39 is 0 Å². The Bertz CT molecular complexity index is 1240. The van der Waals surface area contributed by atoms with Crippen molar-refractivity contribution in [2.45, 2.75) is 9.79 Å². The molecule has 1 amide bonds. The third-order valence-corrected chi connectivity index (χ3v) is 6.59. The van der Waals surface area contributed by atoms with E-state index in [9.17, 15) is 9.59 Å². The molecule has 2 heterocycles. The van der Waals surface area contributed by atoms with Crippen molar-refractivity contribution in [1.82, 2.24) is 9.13 Å². The molecule has 0 atom stereocenters. The molecule has 4 rings (SSSR count). The second kappa shape index (κ2) is 7.81. The van der Waals surface area contributed by atoms with Gasteiger partial charge in [-0.05, 0) is 47.8 Å². The summed E-state index contributed by atoms with van der Waals surface area (Å²) in [6, 6.07) is 15.1. The average molecular weight is 426 g/mol. The maximum atomic E-state index is 12.7. The summed E-state index contributed by atoms with van der Waals surface area (Å²) in [6.45, 7) is 0. The van der Waals surface area contributed by atoms with E-state index in [1.807, 2.05) is 47.8 Å². The topological polar surface area (TPSA) is 65.3 Å². The number of methoxy groups -OCH3 is 1. The summed E-state index contributed by atoms with van der Waals surface area (Å²) in [5.41, 5.74) is 2.13. The Morgan fingerprint density at radius 2 is 1.76 bits per heavy atom. The van der Waals surface area contributed by atoms with E-state index >= 15 is 0 Å². The van der Waals surface area contributed by atoms with Crippen LogP contribution in [0.3, 0.4) is 0 Å². The van der Waals surface area contributed by atoms with E-state index in [0.29, 0.717) is 10.6 Å².